The highest BCUT2D eigenvalue weighted by atomic mass is 32.2. The number of rotatable bonds is 5. The highest BCUT2D eigenvalue weighted by molar-refractivity contribution is 7.99. The van der Waals surface area contributed by atoms with E-state index in [1.807, 2.05) is 30.5 Å². The zero-order valence-corrected chi connectivity index (χ0v) is 14.4. The Morgan fingerprint density at radius 3 is 2.46 bits per heavy atom. The number of ether oxygens (including phenoxy) is 1. The predicted octanol–water partition coefficient (Wildman–Crippen LogP) is 4.47. The Hall–Kier alpha value is -2.71. The van der Waals surface area contributed by atoms with Gasteiger partial charge in [0.05, 0.1) is 30.8 Å². The molecule has 0 saturated carbocycles. The Kier molecular flexibility index (Phi) is 4.88. The monoisotopic (exact) mass is 335 g/mol. The molecule has 3 aromatic rings. The maximum atomic E-state index is 8.89. The molecule has 4 nitrogen and oxygen atoms in total. The molecule has 0 spiro atoms. The summed E-state index contributed by atoms with van der Waals surface area (Å²) in [6.07, 6.45) is 1.85. The molecule has 0 radical (unpaired) electrons. The summed E-state index contributed by atoms with van der Waals surface area (Å²) in [5.74, 6) is 1.18. The second kappa shape index (κ2) is 7.24. The van der Waals surface area contributed by atoms with Gasteiger partial charge in [-0.3, -0.25) is 4.57 Å². The van der Waals surface area contributed by atoms with Crippen LogP contribution in [-0.4, -0.2) is 22.4 Å². The zero-order chi connectivity index (χ0) is 16.9. The lowest BCUT2D eigenvalue weighted by Crippen LogP contribution is -1.99. The van der Waals surface area contributed by atoms with E-state index in [1.165, 1.54) is 17.3 Å². The average Bonchev–Trinajstić information content (AvgIpc) is 3.04. The lowest BCUT2D eigenvalue weighted by molar-refractivity contribution is 0.415. The van der Waals surface area contributed by atoms with Gasteiger partial charge in [0.25, 0.3) is 0 Å². The van der Waals surface area contributed by atoms with Crippen molar-refractivity contribution >= 4 is 11.8 Å². The molecule has 2 aromatic carbocycles. The summed E-state index contributed by atoms with van der Waals surface area (Å²) in [4.78, 5) is 4.51. The van der Waals surface area contributed by atoms with Gasteiger partial charge in [0.1, 0.15) is 5.75 Å². The quantitative estimate of drug-likeness (QED) is 0.645. The molecule has 0 saturated heterocycles. The first-order valence-corrected chi connectivity index (χ1v) is 8.50. The van der Waals surface area contributed by atoms with Crippen LogP contribution in [0, 0.1) is 18.3 Å². The lowest BCUT2D eigenvalue weighted by atomic mass is 10.1. The number of hydrogen-bond acceptors (Lipinski definition) is 4. The van der Waals surface area contributed by atoms with Crippen LogP contribution in [0.4, 0.5) is 0 Å². The zero-order valence-electron chi connectivity index (χ0n) is 13.6. The molecule has 0 N–H and O–H groups in total. The number of nitrogens with zero attached hydrogens (tertiary/aromatic N) is 3. The van der Waals surface area contributed by atoms with Crippen LogP contribution in [-0.2, 0) is 0 Å². The molecular weight excluding hydrogens is 318 g/mol. The van der Waals surface area contributed by atoms with Gasteiger partial charge in [-0.25, -0.2) is 4.98 Å². The summed E-state index contributed by atoms with van der Waals surface area (Å²) in [5.41, 5.74) is 4.27. The van der Waals surface area contributed by atoms with Crippen molar-refractivity contribution < 1.29 is 4.74 Å². The van der Waals surface area contributed by atoms with E-state index in [0.29, 0.717) is 5.75 Å². The number of aromatic nitrogens is 2. The molecule has 0 fully saturated rings. The molecule has 0 aliphatic rings. The van der Waals surface area contributed by atoms with E-state index >= 15 is 0 Å². The molecule has 3 rings (SSSR count). The van der Waals surface area contributed by atoms with Crippen molar-refractivity contribution in [3.8, 4) is 28.8 Å². The highest BCUT2D eigenvalue weighted by Crippen LogP contribution is 2.30. The summed E-state index contributed by atoms with van der Waals surface area (Å²) in [5, 5.41) is 9.70. The molecule has 24 heavy (non-hydrogen) atoms. The number of imidazole rings is 1. The number of aryl methyl sites for hydroxylation is 1. The molecule has 0 aliphatic heterocycles. The third kappa shape index (κ3) is 3.29. The van der Waals surface area contributed by atoms with E-state index in [9.17, 15) is 0 Å². The summed E-state index contributed by atoms with van der Waals surface area (Å²) in [6, 6.07) is 18.3. The summed E-state index contributed by atoms with van der Waals surface area (Å²) in [7, 11) is 1.65. The first-order valence-electron chi connectivity index (χ1n) is 7.52. The minimum Gasteiger partial charge on any atom is -0.497 e. The minimum absolute atomic E-state index is 0.366. The fourth-order valence-electron chi connectivity index (χ4n) is 2.44. The van der Waals surface area contributed by atoms with Gasteiger partial charge in [-0.2, -0.15) is 5.26 Å². The van der Waals surface area contributed by atoms with Gasteiger partial charge in [0.15, 0.2) is 5.16 Å². The molecule has 0 aliphatic carbocycles. The summed E-state index contributed by atoms with van der Waals surface area (Å²) in [6.45, 7) is 2.06. The van der Waals surface area contributed by atoms with Crippen LogP contribution in [0.15, 0.2) is 59.9 Å². The van der Waals surface area contributed by atoms with Crippen LogP contribution in [0.1, 0.15) is 5.56 Å². The smallest absolute Gasteiger partial charge is 0.174 e. The van der Waals surface area contributed by atoms with Crippen LogP contribution < -0.4 is 4.74 Å². The lowest BCUT2D eigenvalue weighted by Gasteiger charge is -2.12. The van der Waals surface area contributed by atoms with Crippen LogP contribution in [0.2, 0.25) is 0 Å². The van der Waals surface area contributed by atoms with Gasteiger partial charge in [-0.1, -0.05) is 29.5 Å². The Bertz CT molecular complexity index is 861. The van der Waals surface area contributed by atoms with Gasteiger partial charge in [-0.15, -0.1) is 0 Å². The molecule has 0 amide bonds. The third-order valence-electron chi connectivity index (χ3n) is 3.67. The van der Waals surface area contributed by atoms with E-state index in [0.717, 1.165) is 27.9 Å². The third-order valence-corrected chi connectivity index (χ3v) is 4.49. The van der Waals surface area contributed by atoms with Crippen molar-refractivity contribution in [2.75, 3.05) is 12.9 Å². The topological polar surface area (TPSA) is 50.8 Å². The van der Waals surface area contributed by atoms with Gasteiger partial charge in [0.2, 0.25) is 0 Å². The van der Waals surface area contributed by atoms with Gasteiger partial charge in [-0.05, 0) is 43.3 Å². The summed E-state index contributed by atoms with van der Waals surface area (Å²) >= 11 is 1.44. The van der Waals surface area contributed by atoms with Gasteiger partial charge in [0, 0.05) is 11.3 Å². The van der Waals surface area contributed by atoms with Crippen molar-refractivity contribution in [3.05, 3.63) is 60.3 Å². The van der Waals surface area contributed by atoms with Crippen molar-refractivity contribution in [2.24, 2.45) is 0 Å². The maximum absolute atomic E-state index is 8.89. The van der Waals surface area contributed by atoms with Crippen molar-refractivity contribution in [2.45, 2.75) is 12.1 Å². The van der Waals surface area contributed by atoms with Gasteiger partial charge >= 0.3 is 0 Å². The fraction of sp³-hybridized carbons (Fsp3) is 0.158. The SMILES string of the molecule is COc1ccc(-c2cnc(SCC#N)n2-c2ccc(C)cc2)cc1. The van der Waals surface area contributed by atoms with E-state index < -0.39 is 0 Å². The second-order valence-corrected chi connectivity index (χ2v) is 6.21. The van der Waals surface area contributed by atoms with E-state index in [1.54, 1.807) is 7.11 Å². The van der Waals surface area contributed by atoms with Crippen molar-refractivity contribution in [1.82, 2.24) is 9.55 Å². The molecule has 0 bridgehead atoms. The molecule has 0 atom stereocenters. The normalized spacial score (nSPS) is 10.4. The first kappa shape index (κ1) is 16.2. The standard InChI is InChI=1S/C19H17N3OS/c1-14-3-7-16(8-4-14)22-18(13-21-19(22)24-12-11-20)15-5-9-17(23-2)10-6-15/h3-10,13H,12H2,1-2H3. The molecular formula is C19H17N3OS. The Morgan fingerprint density at radius 1 is 1.12 bits per heavy atom. The number of methoxy groups -OCH3 is 1. The number of nitriles is 1. The van der Waals surface area contributed by atoms with Crippen LogP contribution in [0.25, 0.3) is 16.9 Å². The van der Waals surface area contributed by atoms with E-state index in [-0.39, 0.29) is 0 Å². The van der Waals surface area contributed by atoms with Crippen LogP contribution in [0.5, 0.6) is 5.75 Å². The number of benzene rings is 2. The largest absolute Gasteiger partial charge is 0.497 e. The van der Waals surface area contributed by atoms with Gasteiger partial charge < -0.3 is 4.74 Å². The van der Waals surface area contributed by atoms with E-state index in [4.69, 9.17) is 10.00 Å². The second-order valence-electron chi connectivity index (χ2n) is 5.27. The minimum atomic E-state index is 0.366. The molecule has 1 aromatic heterocycles. The Morgan fingerprint density at radius 2 is 1.83 bits per heavy atom. The number of thioether (sulfide) groups is 1. The number of hydrogen-bond donors (Lipinski definition) is 0. The van der Waals surface area contributed by atoms with Crippen LogP contribution >= 0.6 is 11.8 Å². The van der Waals surface area contributed by atoms with Crippen molar-refractivity contribution in [3.63, 3.8) is 0 Å². The molecule has 5 heteroatoms. The van der Waals surface area contributed by atoms with Crippen molar-refractivity contribution in [1.29, 1.82) is 5.26 Å². The molecule has 120 valence electrons. The van der Waals surface area contributed by atoms with Crippen LogP contribution in [0.3, 0.4) is 0 Å². The summed E-state index contributed by atoms with van der Waals surface area (Å²) < 4.78 is 7.32. The average molecular weight is 335 g/mol. The fourth-order valence-corrected chi connectivity index (χ4v) is 3.10. The molecule has 0 unspecified atom stereocenters. The Balaban J connectivity index is 2.09. The first-order chi connectivity index (χ1) is 11.7. The molecule has 1 heterocycles. The van der Waals surface area contributed by atoms with E-state index in [2.05, 4.69) is 46.8 Å². The predicted molar refractivity (Wildman–Crippen MR) is 96.6 cm³/mol. The highest BCUT2D eigenvalue weighted by Gasteiger charge is 2.14. The maximum Gasteiger partial charge on any atom is 0.174 e. The Labute approximate surface area is 145 Å².